The van der Waals surface area contributed by atoms with Crippen molar-refractivity contribution in [2.75, 3.05) is 6.54 Å². The number of hydrogen-bond acceptors (Lipinski definition) is 4. The van der Waals surface area contributed by atoms with E-state index in [1.165, 1.54) is 6.92 Å². The topological polar surface area (TPSA) is 104 Å². The molecule has 0 aromatic heterocycles. The fourth-order valence-corrected chi connectivity index (χ4v) is 3.47. The Hall–Kier alpha value is -0.860. The van der Waals surface area contributed by atoms with E-state index in [-0.39, 0.29) is 11.6 Å². The van der Waals surface area contributed by atoms with Crippen molar-refractivity contribution in [3.05, 3.63) is 27.7 Å². The summed E-state index contributed by atoms with van der Waals surface area (Å²) < 4.78 is 26.5. The lowest BCUT2D eigenvalue weighted by molar-refractivity contribution is 0.0613. The molecule has 21 heavy (non-hydrogen) atoms. The van der Waals surface area contributed by atoms with Gasteiger partial charge in [-0.05, 0) is 25.5 Å². The van der Waals surface area contributed by atoms with Crippen LogP contribution in [0.2, 0.25) is 10.0 Å². The Balaban J connectivity index is 3.22. The van der Waals surface area contributed by atoms with Gasteiger partial charge in [-0.1, -0.05) is 30.1 Å². The largest absolute Gasteiger partial charge is 0.478 e. The molecule has 0 aliphatic carbocycles. The number of benzene rings is 1. The molecule has 0 spiro atoms. The first-order valence-corrected chi connectivity index (χ1v) is 8.19. The maximum absolute atomic E-state index is 12.2. The van der Waals surface area contributed by atoms with E-state index in [1.54, 1.807) is 6.92 Å². The minimum Gasteiger partial charge on any atom is -0.478 e. The van der Waals surface area contributed by atoms with Crippen LogP contribution in [0.4, 0.5) is 0 Å². The summed E-state index contributed by atoms with van der Waals surface area (Å²) >= 11 is 11.5. The Morgan fingerprint density at radius 3 is 2.43 bits per heavy atom. The average Bonchev–Trinajstić information content (AvgIpc) is 2.36. The molecule has 0 aliphatic rings. The minimum absolute atomic E-state index is 0.160. The summed E-state index contributed by atoms with van der Waals surface area (Å²) in [5, 5.41) is 18.2. The van der Waals surface area contributed by atoms with Crippen LogP contribution in [-0.2, 0) is 10.0 Å². The first kappa shape index (κ1) is 18.2. The summed E-state index contributed by atoms with van der Waals surface area (Å²) in [6.07, 6.45) is 0.338. The smallest absolute Gasteiger partial charge is 0.338 e. The van der Waals surface area contributed by atoms with Gasteiger partial charge < -0.3 is 10.2 Å². The zero-order valence-corrected chi connectivity index (χ0v) is 13.7. The fourth-order valence-electron chi connectivity index (χ4n) is 1.39. The molecule has 1 atom stereocenters. The molecule has 3 N–H and O–H groups in total. The Morgan fingerprint density at radius 2 is 1.95 bits per heavy atom. The van der Waals surface area contributed by atoms with E-state index in [4.69, 9.17) is 28.3 Å². The van der Waals surface area contributed by atoms with Crippen molar-refractivity contribution < 1.29 is 23.4 Å². The highest BCUT2D eigenvalue weighted by Crippen LogP contribution is 2.31. The highest BCUT2D eigenvalue weighted by molar-refractivity contribution is 7.89. The Bertz CT molecular complexity index is 658. The molecular formula is C12H15Cl2NO5S. The lowest BCUT2D eigenvalue weighted by Gasteiger charge is -2.21. The van der Waals surface area contributed by atoms with Gasteiger partial charge in [-0.2, -0.15) is 0 Å². The second-order valence-electron chi connectivity index (χ2n) is 4.71. The number of halogens is 2. The van der Waals surface area contributed by atoms with Crippen molar-refractivity contribution in [2.45, 2.75) is 30.8 Å². The summed E-state index contributed by atoms with van der Waals surface area (Å²) in [7, 11) is -4.07. The summed E-state index contributed by atoms with van der Waals surface area (Å²) in [4.78, 5) is 10.7. The number of hydrogen-bond donors (Lipinski definition) is 3. The molecule has 0 radical (unpaired) electrons. The number of aromatic carboxylic acids is 1. The van der Waals surface area contributed by atoms with Crippen molar-refractivity contribution in [3.63, 3.8) is 0 Å². The lowest BCUT2D eigenvalue weighted by Crippen LogP contribution is -2.40. The van der Waals surface area contributed by atoms with Crippen LogP contribution in [0.1, 0.15) is 30.6 Å². The molecule has 1 aromatic carbocycles. The molecular weight excluding hydrogens is 341 g/mol. The molecule has 0 fully saturated rings. The van der Waals surface area contributed by atoms with Gasteiger partial charge in [0.05, 0.1) is 21.2 Å². The van der Waals surface area contributed by atoms with Crippen LogP contribution in [0.25, 0.3) is 0 Å². The standard InChI is InChI=1S/C12H15Cl2NO5S/c1-3-12(2,18)6-15-21(19,20)8-5-4-7(13)9(10(8)14)11(16)17/h4-5,15,18H,3,6H2,1-2H3,(H,16,17). The third-order valence-electron chi connectivity index (χ3n) is 2.96. The molecule has 0 saturated carbocycles. The van der Waals surface area contributed by atoms with Gasteiger partial charge >= 0.3 is 5.97 Å². The van der Waals surface area contributed by atoms with Crippen molar-refractivity contribution >= 4 is 39.2 Å². The number of carboxylic acid groups (broad SMARTS) is 1. The second kappa shape index (κ2) is 6.50. The Morgan fingerprint density at radius 1 is 1.38 bits per heavy atom. The van der Waals surface area contributed by atoms with E-state index >= 15 is 0 Å². The molecule has 1 rings (SSSR count). The third-order valence-corrected chi connectivity index (χ3v) is 5.23. The van der Waals surface area contributed by atoms with Crippen molar-refractivity contribution in [1.29, 1.82) is 0 Å². The molecule has 9 heteroatoms. The van der Waals surface area contributed by atoms with Gasteiger partial charge in [0.2, 0.25) is 10.0 Å². The second-order valence-corrected chi connectivity index (χ2v) is 7.24. The number of nitrogens with one attached hydrogen (secondary N) is 1. The third kappa shape index (κ3) is 4.31. The van der Waals surface area contributed by atoms with E-state index in [0.717, 1.165) is 12.1 Å². The van der Waals surface area contributed by atoms with E-state index in [1.807, 2.05) is 0 Å². The molecule has 0 heterocycles. The molecule has 0 saturated heterocycles. The van der Waals surface area contributed by atoms with Gasteiger partial charge in [-0.25, -0.2) is 17.9 Å². The molecule has 0 amide bonds. The van der Waals surface area contributed by atoms with E-state index in [9.17, 15) is 18.3 Å². The van der Waals surface area contributed by atoms with Gasteiger partial charge in [0.25, 0.3) is 0 Å². The summed E-state index contributed by atoms with van der Waals surface area (Å²) in [6, 6.07) is 2.25. The fraction of sp³-hybridized carbons (Fsp3) is 0.417. The number of sulfonamides is 1. The van der Waals surface area contributed by atoms with Crippen molar-refractivity contribution in [3.8, 4) is 0 Å². The van der Waals surface area contributed by atoms with Crippen LogP contribution >= 0.6 is 23.2 Å². The highest BCUT2D eigenvalue weighted by atomic mass is 35.5. The Kier molecular flexibility index (Phi) is 5.63. The quantitative estimate of drug-likeness (QED) is 0.724. The maximum atomic E-state index is 12.2. The van der Waals surface area contributed by atoms with Crippen LogP contribution in [-0.4, -0.2) is 36.7 Å². The molecule has 6 nitrogen and oxygen atoms in total. The van der Waals surface area contributed by atoms with E-state index < -0.39 is 37.1 Å². The molecule has 0 bridgehead atoms. The number of rotatable bonds is 6. The van der Waals surface area contributed by atoms with Crippen molar-refractivity contribution in [2.24, 2.45) is 0 Å². The summed E-state index contributed by atoms with van der Waals surface area (Å²) in [6.45, 7) is 2.95. The first-order chi connectivity index (χ1) is 9.52. The van der Waals surface area contributed by atoms with E-state index in [0.29, 0.717) is 6.42 Å². The van der Waals surface area contributed by atoms with Crippen LogP contribution in [0.3, 0.4) is 0 Å². The van der Waals surface area contributed by atoms with Gasteiger partial charge in [-0.15, -0.1) is 0 Å². The first-order valence-electron chi connectivity index (χ1n) is 5.95. The average molecular weight is 356 g/mol. The highest BCUT2D eigenvalue weighted by Gasteiger charge is 2.27. The zero-order chi connectivity index (χ0) is 16.4. The van der Waals surface area contributed by atoms with Crippen molar-refractivity contribution in [1.82, 2.24) is 4.72 Å². The monoisotopic (exact) mass is 355 g/mol. The summed E-state index contributed by atoms with van der Waals surface area (Å²) in [5.74, 6) is -1.43. The molecule has 0 aliphatic heterocycles. The molecule has 118 valence electrons. The van der Waals surface area contributed by atoms with Crippen LogP contribution in [0, 0.1) is 0 Å². The van der Waals surface area contributed by atoms with Gasteiger partial charge in [0.15, 0.2) is 0 Å². The minimum atomic E-state index is -4.07. The van der Waals surface area contributed by atoms with Gasteiger partial charge in [-0.3, -0.25) is 0 Å². The predicted octanol–water partition coefficient (Wildman–Crippen LogP) is 2.13. The number of carbonyl (C=O) groups is 1. The Labute approximate surface area is 132 Å². The predicted molar refractivity (Wildman–Crippen MR) is 79.5 cm³/mol. The lowest BCUT2D eigenvalue weighted by atomic mass is 10.1. The zero-order valence-electron chi connectivity index (χ0n) is 11.4. The van der Waals surface area contributed by atoms with Gasteiger partial charge in [0.1, 0.15) is 4.90 Å². The molecule has 1 aromatic rings. The van der Waals surface area contributed by atoms with Crippen LogP contribution < -0.4 is 4.72 Å². The van der Waals surface area contributed by atoms with Crippen LogP contribution in [0.15, 0.2) is 17.0 Å². The molecule has 1 unspecified atom stereocenters. The SMILES string of the molecule is CCC(C)(O)CNS(=O)(=O)c1ccc(Cl)c(C(=O)O)c1Cl. The summed E-state index contributed by atoms with van der Waals surface area (Å²) in [5.41, 5.74) is -1.70. The van der Waals surface area contributed by atoms with Gasteiger partial charge in [0, 0.05) is 6.54 Å². The van der Waals surface area contributed by atoms with Crippen LogP contribution in [0.5, 0.6) is 0 Å². The van der Waals surface area contributed by atoms with E-state index in [2.05, 4.69) is 4.72 Å². The number of aliphatic hydroxyl groups is 1. The number of carboxylic acids is 1. The normalized spacial score (nSPS) is 14.7. The maximum Gasteiger partial charge on any atom is 0.338 e.